The van der Waals surface area contributed by atoms with Crippen LogP contribution < -0.4 is 15.5 Å². The van der Waals surface area contributed by atoms with E-state index in [9.17, 15) is 0 Å². The predicted octanol–water partition coefficient (Wildman–Crippen LogP) is 2.39. The second kappa shape index (κ2) is 7.47. The second-order valence-corrected chi connectivity index (χ2v) is 6.37. The highest BCUT2D eigenvalue weighted by atomic mass is 15.2. The van der Waals surface area contributed by atoms with Crippen LogP contribution in [0.25, 0.3) is 0 Å². The zero-order valence-electron chi connectivity index (χ0n) is 14.3. The zero-order chi connectivity index (χ0) is 16.0. The van der Waals surface area contributed by atoms with Crippen LogP contribution in [0.3, 0.4) is 0 Å². The first-order valence-corrected chi connectivity index (χ1v) is 8.16. The van der Waals surface area contributed by atoms with E-state index in [2.05, 4.69) is 27.5 Å². The lowest BCUT2D eigenvalue weighted by Crippen LogP contribution is -2.46. The van der Waals surface area contributed by atoms with Gasteiger partial charge in [0.1, 0.15) is 5.82 Å². The van der Waals surface area contributed by atoms with Gasteiger partial charge in [-0.3, -0.25) is 4.99 Å². The van der Waals surface area contributed by atoms with Gasteiger partial charge in [-0.15, -0.1) is 0 Å². The van der Waals surface area contributed by atoms with E-state index in [4.69, 9.17) is 0 Å². The molecular weight excluding hydrogens is 274 g/mol. The van der Waals surface area contributed by atoms with Gasteiger partial charge >= 0.3 is 0 Å². The summed E-state index contributed by atoms with van der Waals surface area (Å²) < 4.78 is 0. The Bertz CT molecular complexity index is 500. The number of hydrogen-bond acceptors (Lipinski definition) is 3. The fourth-order valence-corrected chi connectivity index (χ4v) is 2.81. The summed E-state index contributed by atoms with van der Waals surface area (Å²) in [6.07, 6.45) is 5.27. The summed E-state index contributed by atoms with van der Waals surface area (Å²) in [7, 11) is 5.82. The largest absolute Gasteiger partial charge is 0.363 e. The topological polar surface area (TPSA) is 52.6 Å². The molecule has 0 atom stereocenters. The van der Waals surface area contributed by atoms with Gasteiger partial charge < -0.3 is 15.5 Å². The smallest absolute Gasteiger partial charge is 0.191 e. The number of nitrogens with zero attached hydrogens (tertiary/aromatic N) is 3. The maximum atomic E-state index is 4.61. The van der Waals surface area contributed by atoms with Crippen molar-refractivity contribution in [3.63, 3.8) is 0 Å². The number of guanidine groups is 1. The van der Waals surface area contributed by atoms with Gasteiger partial charge in [0.2, 0.25) is 0 Å². The minimum Gasteiger partial charge on any atom is -0.363 e. The van der Waals surface area contributed by atoms with Crippen molar-refractivity contribution in [3.8, 4) is 0 Å². The Morgan fingerprint density at radius 2 is 2.09 bits per heavy atom. The number of aliphatic imine (C=N–C) groups is 1. The first kappa shape index (κ1) is 16.6. The molecule has 0 radical (unpaired) electrons. The molecule has 122 valence electrons. The van der Waals surface area contributed by atoms with Crippen molar-refractivity contribution in [3.05, 3.63) is 23.9 Å². The van der Waals surface area contributed by atoms with Crippen molar-refractivity contribution < 1.29 is 0 Å². The molecule has 0 spiro atoms. The minimum absolute atomic E-state index is 0.487. The molecule has 0 saturated heterocycles. The van der Waals surface area contributed by atoms with Gasteiger partial charge in [0.05, 0.1) is 12.2 Å². The lowest BCUT2D eigenvalue weighted by Gasteiger charge is -2.41. The molecule has 5 heteroatoms. The molecule has 0 unspecified atom stereocenters. The third kappa shape index (κ3) is 4.12. The molecule has 1 saturated carbocycles. The van der Waals surface area contributed by atoms with Gasteiger partial charge in [-0.05, 0) is 36.8 Å². The van der Waals surface area contributed by atoms with E-state index in [0.717, 1.165) is 24.0 Å². The molecule has 2 rings (SSSR count). The third-order valence-electron chi connectivity index (χ3n) is 4.71. The van der Waals surface area contributed by atoms with E-state index in [-0.39, 0.29) is 0 Å². The molecule has 1 fully saturated rings. The zero-order valence-corrected chi connectivity index (χ0v) is 14.3. The molecule has 5 nitrogen and oxygen atoms in total. The Morgan fingerprint density at radius 1 is 1.32 bits per heavy atom. The standard InChI is InChI=1S/C17H29N5/c1-5-17(10-7-11-17)13-20-16(18-2)19-12-14-8-6-9-15(21-14)22(3)4/h6,8-9H,5,7,10-13H2,1-4H3,(H2,18,19,20). The van der Waals surface area contributed by atoms with Crippen LogP contribution in [-0.2, 0) is 6.54 Å². The average Bonchev–Trinajstić information content (AvgIpc) is 2.49. The highest BCUT2D eigenvalue weighted by molar-refractivity contribution is 5.79. The van der Waals surface area contributed by atoms with E-state index in [1.165, 1.54) is 25.7 Å². The van der Waals surface area contributed by atoms with Crippen LogP contribution in [0.5, 0.6) is 0 Å². The fraction of sp³-hybridized carbons (Fsp3) is 0.647. The molecule has 22 heavy (non-hydrogen) atoms. The number of aromatic nitrogens is 1. The average molecular weight is 303 g/mol. The first-order chi connectivity index (χ1) is 10.6. The van der Waals surface area contributed by atoms with Gasteiger partial charge in [0.25, 0.3) is 0 Å². The van der Waals surface area contributed by atoms with Crippen molar-refractivity contribution in [2.75, 3.05) is 32.6 Å². The maximum absolute atomic E-state index is 4.61. The summed E-state index contributed by atoms with van der Waals surface area (Å²) in [6.45, 7) is 3.97. The molecule has 0 amide bonds. The van der Waals surface area contributed by atoms with Gasteiger partial charge in [-0.2, -0.15) is 0 Å². The van der Waals surface area contributed by atoms with Crippen LogP contribution in [-0.4, -0.2) is 38.6 Å². The van der Waals surface area contributed by atoms with Crippen LogP contribution in [0.4, 0.5) is 5.82 Å². The summed E-state index contributed by atoms with van der Waals surface area (Å²) in [5.74, 6) is 1.83. The number of anilines is 1. The van der Waals surface area contributed by atoms with Crippen LogP contribution >= 0.6 is 0 Å². The van der Waals surface area contributed by atoms with E-state index < -0.39 is 0 Å². The Labute approximate surface area is 134 Å². The number of rotatable bonds is 6. The fourth-order valence-electron chi connectivity index (χ4n) is 2.81. The molecule has 1 aromatic rings. The minimum atomic E-state index is 0.487. The number of hydrogen-bond donors (Lipinski definition) is 2. The molecule has 0 bridgehead atoms. The molecular formula is C17H29N5. The molecule has 1 aromatic heterocycles. The van der Waals surface area contributed by atoms with Crippen molar-refractivity contribution >= 4 is 11.8 Å². The van der Waals surface area contributed by atoms with E-state index in [1.807, 2.05) is 44.2 Å². The SMILES string of the molecule is CCC1(CNC(=NC)NCc2cccc(N(C)C)n2)CCC1. The highest BCUT2D eigenvalue weighted by Crippen LogP contribution is 2.42. The first-order valence-electron chi connectivity index (χ1n) is 8.16. The third-order valence-corrected chi connectivity index (χ3v) is 4.71. The Kier molecular flexibility index (Phi) is 5.63. The highest BCUT2D eigenvalue weighted by Gasteiger charge is 2.34. The lowest BCUT2D eigenvalue weighted by atomic mass is 9.67. The molecule has 1 aliphatic rings. The second-order valence-electron chi connectivity index (χ2n) is 6.37. The number of pyridine rings is 1. The van der Waals surface area contributed by atoms with Crippen LogP contribution in [0.2, 0.25) is 0 Å². The normalized spacial score (nSPS) is 16.8. The Balaban J connectivity index is 1.85. The summed E-state index contributed by atoms with van der Waals surface area (Å²) in [5.41, 5.74) is 1.50. The summed E-state index contributed by atoms with van der Waals surface area (Å²) in [5, 5.41) is 6.83. The quantitative estimate of drug-likeness (QED) is 0.626. The predicted molar refractivity (Wildman–Crippen MR) is 93.3 cm³/mol. The van der Waals surface area contributed by atoms with Crippen molar-refractivity contribution in [1.82, 2.24) is 15.6 Å². The van der Waals surface area contributed by atoms with E-state index >= 15 is 0 Å². The van der Waals surface area contributed by atoms with Crippen molar-refractivity contribution in [2.45, 2.75) is 39.2 Å². The molecule has 2 N–H and O–H groups in total. The lowest BCUT2D eigenvalue weighted by molar-refractivity contribution is 0.131. The van der Waals surface area contributed by atoms with Gasteiger partial charge in [-0.25, -0.2) is 4.98 Å². The van der Waals surface area contributed by atoms with Crippen molar-refractivity contribution in [1.29, 1.82) is 0 Å². The number of nitrogens with one attached hydrogen (secondary N) is 2. The van der Waals surface area contributed by atoms with Crippen molar-refractivity contribution in [2.24, 2.45) is 10.4 Å². The van der Waals surface area contributed by atoms with Crippen LogP contribution in [0.15, 0.2) is 23.2 Å². The maximum Gasteiger partial charge on any atom is 0.191 e. The van der Waals surface area contributed by atoms with Gasteiger partial charge in [0, 0.05) is 27.7 Å². The molecule has 1 heterocycles. The van der Waals surface area contributed by atoms with E-state index in [0.29, 0.717) is 12.0 Å². The monoisotopic (exact) mass is 303 g/mol. The van der Waals surface area contributed by atoms with Crippen LogP contribution in [0.1, 0.15) is 38.3 Å². The Hall–Kier alpha value is -1.78. The van der Waals surface area contributed by atoms with Gasteiger partial charge in [-0.1, -0.05) is 19.4 Å². The molecule has 0 aromatic carbocycles. The van der Waals surface area contributed by atoms with Gasteiger partial charge in [0.15, 0.2) is 5.96 Å². The molecule has 1 aliphatic carbocycles. The molecule has 0 aliphatic heterocycles. The summed E-state index contributed by atoms with van der Waals surface area (Å²) in [4.78, 5) is 10.9. The van der Waals surface area contributed by atoms with Crippen LogP contribution in [0, 0.1) is 5.41 Å². The summed E-state index contributed by atoms with van der Waals surface area (Å²) in [6, 6.07) is 6.08. The van der Waals surface area contributed by atoms with E-state index in [1.54, 1.807) is 0 Å². The Morgan fingerprint density at radius 3 is 2.64 bits per heavy atom. The summed E-state index contributed by atoms with van der Waals surface area (Å²) >= 11 is 0.